The van der Waals surface area contributed by atoms with Gasteiger partial charge in [-0.3, -0.25) is 0 Å². The van der Waals surface area contributed by atoms with E-state index in [1.165, 1.54) is 11.8 Å². The Hall–Kier alpha value is -0.850. The van der Waals surface area contributed by atoms with Crippen LogP contribution in [0.2, 0.25) is 0 Å². The summed E-state index contributed by atoms with van der Waals surface area (Å²) in [5, 5.41) is 8.59. The van der Waals surface area contributed by atoms with Gasteiger partial charge in [-0.2, -0.15) is 0 Å². The molecule has 2 rings (SSSR count). The second-order valence-corrected chi connectivity index (χ2v) is 5.39. The molecule has 0 spiro atoms. The predicted octanol–water partition coefficient (Wildman–Crippen LogP) is 3.63. The lowest BCUT2D eigenvalue weighted by atomic mass is 10.2. The molecule has 0 unspecified atom stereocenters. The van der Waals surface area contributed by atoms with Gasteiger partial charge in [-0.05, 0) is 31.2 Å². The third-order valence-electron chi connectivity index (χ3n) is 2.15. The number of hydrogen-bond donors (Lipinski definition) is 0. The first-order valence-electron chi connectivity index (χ1n) is 5.59. The molecule has 6 heteroatoms. The lowest BCUT2D eigenvalue weighted by molar-refractivity contribution is 0.164. The van der Waals surface area contributed by atoms with E-state index >= 15 is 0 Å². The maximum Gasteiger partial charge on any atom is 0.276 e. The van der Waals surface area contributed by atoms with Gasteiger partial charge in [0, 0.05) is 22.4 Å². The van der Waals surface area contributed by atoms with E-state index in [1.54, 1.807) is 0 Å². The van der Waals surface area contributed by atoms with Crippen molar-refractivity contribution in [1.29, 1.82) is 0 Å². The molecule has 0 aliphatic rings. The van der Waals surface area contributed by atoms with Crippen molar-refractivity contribution < 1.29 is 9.15 Å². The monoisotopic (exact) mass is 328 g/mol. The van der Waals surface area contributed by atoms with Crippen molar-refractivity contribution in [2.45, 2.75) is 12.1 Å². The van der Waals surface area contributed by atoms with Gasteiger partial charge in [-0.15, -0.1) is 10.2 Å². The van der Waals surface area contributed by atoms with E-state index < -0.39 is 0 Å². The van der Waals surface area contributed by atoms with Crippen LogP contribution in [0.15, 0.2) is 38.4 Å². The molecule has 18 heavy (non-hydrogen) atoms. The number of ether oxygens (including phenoxy) is 1. The number of thioether (sulfide) groups is 1. The fraction of sp³-hybridized carbons (Fsp3) is 0.333. The van der Waals surface area contributed by atoms with Crippen LogP contribution in [0.3, 0.4) is 0 Å². The molecule has 0 N–H and O–H groups in total. The molecule has 1 aromatic heterocycles. The standard InChI is InChI=1S/C12H13BrN2O2S/c1-2-16-7-8-18-12-15-14-11(17-12)9-3-5-10(13)6-4-9/h3-6H,2,7-8H2,1H3. The Morgan fingerprint density at radius 1 is 1.28 bits per heavy atom. The SMILES string of the molecule is CCOCCSc1nnc(-c2ccc(Br)cc2)o1. The molecule has 0 amide bonds. The Morgan fingerprint density at radius 3 is 2.78 bits per heavy atom. The van der Waals surface area contributed by atoms with Crippen LogP contribution in [0.4, 0.5) is 0 Å². The van der Waals surface area contributed by atoms with Gasteiger partial charge in [-0.1, -0.05) is 27.7 Å². The van der Waals surface area contributed by atoms with Gasteiger partial charge in [0.2, 0.25) is 5.89 Å². The molecule has 1 heterocycles. The zero-order valence-electron chi connectivity index (χ0n) is 9.93. The average Bonchev–Trinajstić information content (AvgIpc) is 2.84. The average molecular weight is 329 g/mol. The highest BCUT2D eigenvalue weighted by atomic mass is 79.9. The Bertz CT molecular complexity index is 487. The summed E-state index contributed by atoms with van der Waals surface area (Å²) >= 11 is 4.89. The number of benzene rings is 1. The number of rotatable bonds is 6. The molecule has 4 nitrogen and oxygen atoms in total. The fourth-order valence-electron chi connectivity index (χ4n) is 1.31. The first kappa shape index (κ1) is 13.6. The van der Waals surface area contributed by atoms with Crippen LogP contribution in [0.25, 0.3) is 11.5 Å². The zero-order chi connectivity index (χ0) is 12.8. The molecule has 0 radical (unpaired) electrons. The molecule has 0 saturated carbocycles. The van der Waals surface area contributed by atoms with Gasteiger partial charge in [0.15, 0.2) is 0 Å². The van der Waals surface area contributed by atoms with Gasteiger partial charge >= 0.3 is 0 Å². The highest BCUT2D eigenvalue weighted by molar-refractivity contribution is 9.10. The van der Waals surface area contributed by atoms with E-state index in [2.05, 4.69) is 26.1 Å². The third kappa shape index (κ3) is 3.83. The smallest absolute Gasteiger partial charge is 0.276 e. The Labute approximate surface area is 118 Å². The van der Waals surface area contributed by atoms with Crippen LogP contribution < -0.4 is 0 Å². The maximum absolute atomic E-state index is 5.56. The molecule has 2 aromatic rings. The minimum Gasteiger partial charge on any atom is -0.411 e. The molecule has 0 fully saturated rings. The summed E-state index contributed by atoms with van der Waals surface area (Å²) in [7, 11) is 0. The van der Waals surface area contributed by atoms with Crippen molar-refractivity contribution in [2.75, 3.05) is 19.0 Å². The molecule has 0 aliphatic carbocycles. The summed E-state index contributed by atoms with van der Waals surface area (Å²) in [6.45, 7) is 3.40. The highest BCUT2D eigenvalue weighted by Gasteiger charge is 2.08. The largest absolute Gasteiger partial charge is 0.411 e. The van der Waals surface area contributed by atoms with Crippen LogP contribution in [0.5, 0.6) is 0 Å². The number of halogens is 1. The molecule has 0 aliphatic heterocycles. The molecule has 0 saturated heterocycles. The Kier molecular flexibility index (Phi) is 5.22. The number of hydrogen-bond acceptors (Lipinski definition) is 5. The summed E-state index contributed by atoms with van der Waals surface area (Å²) in [5.41, 5.74) is 0.919. The van der Waals surface area contributed by atoms with E-state index in [9.17, 15) is 0 Å². The maximum atomic E-state index is 5.56. The van der Waals surface area contributed by atoms with Crippen molar-refractivity contribution in [3.05, 3.63) is 28.7 Å². The topological polar surface area (TPSA) is 48.2 Å². The Balaban J connectivity index is 1.95. The lowest BCUT2D eigenvalue weighted by Gasteiger charge is -1.97. The molecule has 96 valence electrons. The molecule has 1 aromatic carbocycles. The van der Waals surface area contributed by atoms with Crippen molar-refractivity contribution >= 4 is 27.7 Å². The molecule has 0 atom stereocenters. The second-order valence-electron chi connectivity index (χ2n) is 3.43. The van der Waals surface area contributed by atoms with Crippen LogP contribution >= 0.6 is 27.7 Å². The second kappa shape index (κ2) is 6.92. The van der Waals surface area contributed by atoms with E-state index in [1.807, 2.05) is 31.2 Å². The van der Waals surface area contributed by atoms with Crippen molar-refractivity contribution in [3.63, 3.8) is 0 Å². The van der Waals surface area contributed by atoms with E-state index in [0.29, 0.717) is 17.7 Å². The van der Waals surface area contributed by atoms with Gasteiger partial charge in [0.1, 0.15) is 0 Å². The first-order chi connectivity index (χ1) is 8.79. The lowest BCUT2D eigenvalue weighted by Crippen LogP contribution is -1.95. The van der Waals surface area contributed by atoms with Gasteiger partial charge in [0.25, 0.3) is 5.22 Å². The van der Waals surface area contributed by atoms with E-state index in [-0.39, 0.29) is 0 Å². The third-order valence-corrected chi connectivity index (χ3v) is 3.47. The van der Waals surface area contributed by atoms with Crippen LogP contribution in [0, 0.1) is 0 Å². The molecular weight excluding hydrogens is 316 g/mol. The summed E-state index contributed by atoms with van der Waals surface area (Å²) < 4.78 is 11.8. The van der Waals surface area contributed by atoms with Crippen LogP contribution in [0.1, 0.15) is 6.92 Å². The summed E-state index contributed by atoms with van der Waals surface area (Å²) in [6, 6.07) is 7.77. The zero-order valence-corrected chi connectivity index (χ0v) is 12.3. The Morgan fingerprint density at radius 2 is 2.06 bits per heavy atom. The van der Waals surface area contributed by atoms with Crippen molar-refractivity contribution in [2.24, 2.45) is 0 Å². The summed E-state index contributed by atoms with van der Waals surface area (Å²) in [5.74, 6) is 1.36. The quantitative estimate of drug-likeness (QED) is 0.598. The fourth-order valence-corrected chi connectivity index (χ4v) is 2.19. The van der Waals surface area contributed by atoms with Gasteiger partial charge in [-0.25, -0.2) is 0 Å². The van der Waals surface area contributed by atoms with Crippen LogP contribution in [-0.4, -0.2) is 29.2 Å². The van der Waals surface area contributed by atoms with E-state index in [4.69, 9.17) is 9.15 Å². The van der Waals surface area contributed by atoms with Gasteiger partial charge in [0.05, 0.1) is 6.61 Å². The van der Waals surface area contributed by atoms with Crippen molar-refractivity contribution in [3.8, 4) is 11.5 Å². The highest BCUT2D eigenvalue weighted by Crippen LogP contribution is 2.24. The van der Waals surface area contributed by atoms with Crippen molar-refractivity contribution in [1.82, 2.24) is 10.2 Å². The minimum atomic E-state index is 0.543. The minimum absolute atomic E-state index is 0.543. The first-order valence-corrected chi connectivity index (χ1v) is 7.37. The predicted molar refractivity (Wildman–Crippen MR) is 74.7 cm³/mol. The summed E-state index contributed by atoms with van der Waals surface area (Å²) in [6.07, 6.45) is 0. The molecule has 0 bridgehead atoms. The normalized spacial score (nSPS) is 10.8. The number of aromatic nitrogens is 2. The molecular formula is C12H13BrN2O2S. The van der Waals surface area contributed by atoms with Gasteiger partial charge < -0.3 is 9.15 Å². The summed E-state index contributed by atoms with van der Waals surface area (Å²) in [4.78, 5) is 0. The number of nitrogens with zero attached hydrogens (tertiary/aromatic N) is 2. The van der Waals surface area contributed by atoms with Crippen LogP contribution in [-0.2, 0) is 4.74 Å². The van der Waals surface area contributed by atoms with E-state index in [0.717, 1.165) is 22.4 Å².